The largest absolute Gasteiger partial charge is 0.405 e. The second-order valence-electron chi connectivity index (χ2n) is 11.7. The van der Waals surface area contributed by atoms with Crippen LogP contribution in [0.15, 0.2) is 78.9 Å². The van der Waals surface area contributed by atoms with Gasteiger partial charge in [-0.25, -0.2) is 0 Å². The van der Waals surface area contributed by atoms with E-state index >= 15 is 0 Å². The fourth-order valence-electron chi connectivity index (χ4n) is 5.19. The van der Waals surface area contributed by atoms with Crippen molar-refractivity contribution < 1.29 is 38.0 Å². The van der Waals surface area contributed by atoms with Crippen LogP contribution in [0.5, 0.6) is 0 Å². The molecule has 0 unspecified atom stereocenters. The highest BCUT2D eigenvalue weighted by Gasteiger charge is 2.50. The molecule has 3 rings (SSSR count). The Labute approximate surface area is 282 Å². The lowest BCUT2D eigenvalue weighted by Crippen LogP contribution is -2.66. The molecule has 3 aromatic rings. The van der Waals surface area contributed by atoms with Gasteiger partial charge in [-0.1, -0.05) is 81.4 Å². The lowest BCUT2D eigenvalue weighted by Gasteiger charge is -2.43. The van der Waals surface area contributed by atoms with Crippen LogP contribution in [0.25, 0.3) is 0 Å². The second kappa shape index (κ2) is 20.6. The minimum absolute atomic E-state index is 0.0791. The molecule has 48 heavy (non-hydrogen) atoms. The van der Waals surface area contributed by atoms with Crippen molar-refractivity contribution in [3.8, 4) is 0 Å². The van der Waals surface area contributed by atoms with Crippen LogP contribution in [-0.4, -0.2) is 97.4 Å². The molecule has 0 aliphatic heterocycles. The van der Waals surface area contributed by atoms with E-state index in [0.717, 1.165) is 6.07 Å². The molecule has 13 nitrogen and oxygen atoms in total. The van der Waals surface area contributed by atoms with Gasteiger partial charge in [-0.3, -0.25) is 20.2 Å². The number of nitrogens with zero attached hydrogens (tertiary/aromatic N) is 2. The standard InChI is InChI=1S/C34H47N3O10Si/c1-34(2,3)48(30-10-6-4-7-11-30,31-12-8-5-9-13-31)47-27-26-46-25-24-45-23-22-44-21-20-43-19-18-42-17-16-35-32-15-14-29(36(38)39)28-33(32)37(40)41/h4-15,28,35H,16-27H2,1-3H3. The number of rotatable bonds is 24. The summed E-state index contributed by atoms with van der Waals surface area (Å²) >= 11 is 0. The Balaban J connectivity index is 1.18. The zero-order chi connectivity index (χ0) is 34.7. The zero-order valence-electron chi connectivity index (χ0n) is 28.0. The fraction of sp³-hybridized carbons (Fsp3) is 0.471. The minimum Gasteiger partial charge on any atom is -0.405 e. The van der Waals surface area contributed by atoms with Crippen molar-refractivity contribution in [3.63, 3.8) is 0 Å². The molecule has 0 heterocycles. The van der Waals surface area contributed by atoms with Crippen LogP contribution in [0.2, 0.25) is 5.04 Å². The van der Waals surface area contributed by atoms with E-state index in [9.17, 15) is 20.2 Å². The van der Waals surface area contributed by atoms with Gasteiger partial charge in [0.2, 0.25) is 0 Å². The molecule has 0 bridgehead atoms. The number of nitrogens with one attached hydrogen (secondary N) is 1. The van der Waals surface area contributed by atoms with Gasteiger partial charge in [0, 0.05) is 12.6 Å². The lowest BCUT2D eigenvalue weighted by molar-refractivity contribution is -0.393. The Hall–Kier alpha value is -3.76. The molecule has 0 atom stereocenters. The average molecular weight is 686 g/mol. The number of hydrogen-bond acceptors (Lipinski definition) is 11. The molecule has 0 saturated heterocycles. The first-order valence-corrected chi connectivity index (χ1v) is 17.9. The van der Waals surface area contributed by atoms with Crippen molar-refractivity contribution in [2.75, 3.05) is 84.5 Å². The zero-order valence-corrected chi connectivity index (χ0v) is 29.0. The van der Waals surface area contributed by atoms with Crippen LogP contribution in [0.3, 0.4) is 0 Å². The highest BCUT2D eigenvalue weighted by molar-refractivity contribution is 6.99. The second-order valence-corrected chi connectivity index (χ2v) is 16.0. The number of ether oxygens (including phenoxy) is 5. The van der Waals surface area contributed by atoms with E-state index in [4.69, 9.17) is 28.1 Å². The Kier molecular flexibility index (Phi) is 16.6. The summed E-state index contributed by atoms with van der Waals surface area (Å²) in [6.45, 7) is 11.7. The highest BCUT2D eigenvalue weighted by Crippen LogP contribution is 2.36. The van der Waals surface area contributed by atoms with Crippen LogP contribution in [-0.2, 0) is 28.1 Å². The van der Waals surface area contributed by atoms with Gasteiger partial charge in [-0.15, -0.1) is 0 Å². The maximum Gasteiger partial charge on any atom is 0.299 e. The smallest absolute Gasteiger partial charge is 0.299 e. The molecular weight excluding hydrogens is 638 g/mol. The molecule has 0 amide bonds. The predicted molar refractivity (Wildman–Crippen MR) is 186 cm³/mol. The first-order valence-electron chi connectivity index (χ1n) is 16.0. The molecule has 14 heteroatoms. The van der Waals surface area contributed by atoms with E-state index in [0.29, 0.717) is 72.6 Å². The normalized spacial score (nSPS) is 11.8. The van der Waals surface area contributed by atoms with Gasteiger partial charge in [-0.05, 0) is 21.5 Å². The van der Waals surface area contributed by atoms with Crippen molar-refractivity contribution in [1.82, 2.24) is 0 Å². The van der Waals surface area contributed by atoms with E-state index in [2.05, 4.69) is 74.6 Å². The SMILES string of the molecule is CC(C)(C)[Si](OCCOCCOCCOCCOCCOCCNc1ccc([N+](=O)[O-])cc1[N+](=O)[O-])(c1ccccc1)c1ccccc1. The van der Waals surface area contributed by atoms with E-state index in [1.165, 1.54) is 22.5 Å². The Morgan fingerprint density at radius 3 is 1.46 bits per heavy atom. The van der Waals surface area contributed by atoms with Gasteiger partial charge in [0.1, 0.15) is 5.69 Å². The summed E-state index contributed by atoms with van der Waals surface area (Å²) in [6.07, 6.45) is 0. The van der Waals surface area contributed by atoms with Crippen molar-refractivity contribution in [2.24, 2.45) is 0 Å². The minimum atomic E-state index is -2.56. The Morgan fingerprint density at radius 2 is 1.04 bits per heavy atom. The lowest BCUT2D eigenvalue weighted by atomic mass is 10.2. The number of hydrogen-bond donors (Lipinski definition) is 1. The summed E-state index contributed by atoms with van der Waals surface area (Å²) in [5, 5.41) is 27.3. The van der Waals surface area contributed by atoms with Gasteiger partial charge in [-0.2, -0.15) is 0 Å². The van der Waals surface area contributed by atoms with E-state index < -0.39 is 18.2 Å². The monoisotopic (exact) mass is 685 g/mol. The molecular formula is C34H47N3O10Si. The van der Waals surface area contributed by atoms with Gasteiger partial charge >= 0.3 is 0 Å². The summed E-state index contributed by atoms with van der Waals surface area (Å²) in [6, 6.07) is 24.5. The summed E-state index contributed by atoms with van der Waals surface area (Å²) < 4.78 is 34.7. The van der Waals surface area contributed by atoms with Gasteiger partial charge in [0.25, 0.3) is 19.7 Å². The molecule has 0 aliphatic rings. The van der Waals surface area contributed by atoms with E-state index in [-0.39, 0.29) is 28.7 Å². The maximum atomic E-state index is 11.2. The molecule has 0 radical (unpaired) electrons. The van der Waals surface area contributed by atoms with Crippen LogP contribution in [0, 0.1) is 20.2 Å². The van der Waals surface area contributed by atoms with Gasteiger partial charge in [0.05, 0.1) is 88.6 Å². The molecule has 0 aliphatic carbocycles. The third-order valence-corrected chi connectivity index (χ3v) is 12.4. The summed E-state index contributed by atoms with van der Waals surface area (Å²) in [7, 11) is -2.56. The van der Waals surface area contributed by atoms with Crippen LogP contribution < -0.4 is 15.7 Å². The highest BCUT2D eigenvalue weighted by atomic mass is 28.4. The summed E-state index contributed by atoms with van der Waals surface area (Å²) in [5.74, 6) is 0. The number of nitro groups is 2. The van der Waals surface area contributed by atoms with Gasteiger partial charge in [0.15, 0.2) is 0 Å². The maximum absolute atomic E-state index is 11.2. The summed E-state index contributed by atoms with van der Waals surface area (Å²) in [4.78, 5) is 20.7. The molecule has 0 saturated carbocycles. The number of non-ortho nitro benzene ring substituents is 1. The third kappa shape index (κ3) is 12.0. The van der Waals surface area contributed by atoms with Crippen LogP contribution in [0.1, 0.15) is 20.8 Å². The Morgan fingerprint density at radius 1 is 0.604 bits per heavy atom. The van der Waals surface area contributed by atoms with E-state index in [1.807, 2.05) is 12.1 Å². The molecule has 0 aromatic heterocycles. The molecule has 1 N–H and O–H groups in total. The quantitative estimate of drug-likeness (QED) is 0.0610. The first kappa shape index (κ1) is 38.7. The third-order valence-electron chi connectivity index (χ3n) is 7.40. The van der Waals surface area contributed by atoms with Gasteiger partial charge < -0.3 is 33.4 Å². The molecule has 262 valence electrons. The first-order chi connectivity index (χ1) is 23.2. The average Bonchev–Trinajstić information content (AvgIpc) is 3.07. The molecule has 0 spiro atoms. The van der Waals surface area contributed by atoms with Crippen LogP contribution in [0.4, 0.5) is 17.1 Å². The molecule has 0 fully saturated rings. The van der Waals surface area contributed by atoms with Crippen molar-refractivity contribution in [2.45, 2.75) is 25.8 Å². The Bertz CT molecular complexity index is 1340. The number of anilines is 1. The van der Waals surface area contributed by atoms with Crippen molar-refractivity contribution >= 4 is 35.8 Å². The van der Waals surface area contributed by atoms with E-state index in [1.54, 1.807) is 0 Å². The number of nitro benzene ring substituents is 2. The molecule has 3 aromatic carbocycles. The topological polar surface area (TPSA) is 154 Å². The van der Waals surface area contributed by atoms with Crippen molar-refractivity contribution in [3.05, 3.63) is 99.1 Å². The van der Waals surface area contributed by atoms with Crippen molar-refractivity contribution in [1.29, 1.82) is 0 Å². The van der Waals surface area contributed by atoms with Crippen LogP contribution >= 0.6 is 0 Å². The summed E-state index contributed by atoms with van der Waals surface area (Å²) in [5.41, 5.74) is -0.512. The fourth-order valence-corrected chi connectivity index (χ4v) is 9.73. The number of benzene rings is 3. The predicted octanol–water partition coefficient (Wildman–Crippen LogP) is 4.57.